The molecular weight excluding hydrogens is 785 g/mol. The molecule has 0 saturated heterocycles. The van der Waals surface area contributed by atoms with Gasteiger partial charge in [-0.15, -0.1) is 0 Å². The van der Waals surface area contributed by atoms with E-state index < -0.39 is 0 Å². The summed E-state index contributed by atoms with van der Waals surface area (Å²) in [4.78, 5) is 4.84. The van der Waals surface area contributed by atoms with Crippen molar-refractivity contribution < 1.29 is 0 Å². The van der Waals surface area contributed by atoms with Gasteiger partial charge in [0.15, 0.2) is 0 Å². The third kappa shape index (κ3) is 7.22. The van der Waals surface area contributed by atoms with E-state index in [1.165, 1.54) is 94.2 Å². The number of rotatable bonds is 8. The molecule has 1 aliphatic rings. The van der Waals surface area contributed by atoms with Crippen LogP contribution in [0.2, 0.25) is 0 Å². The second-order valence-electron chi connectivity index (χ2n) is 17.0. The van der Waals surface area contributed by atoms with Crippen LogP contribution in [0, 0.1) is 0 Å². The van der Waals surface area contributed by atoms with Crippen LogP contribution in [0.15, 0.2) is 255 Å². The van der Waals surface area contributed by atoms with Crippen molar-refractivity contribution in [2.45, 2.75) is 6.42 Å². The van der Waals surface area contributed by atoms with Gasteiger partial charge in [0.1, 0.15) is 0 Å². The van der Waals surface area contributed by atoms with Crippen LogP contribution in [0.1, 0.15) is 11.1 Å². The molecule has 0 radical (unpaired) electrons. The van der Waals surface area contributed by atoms with E-state index in [2.05, 4.69) is 265 Å². The van der Waals surface area contributed by atoms with E-state index in [0.29, 0.717) is 0 Å². The van der Waals surface area contributed by atoms with Crippen LogP contribution in [-0.2, 0) is 6.42 Å². The van der Waals surface area contributed by atoms with Gasteiger partial charge in [-0.1, -0.05) is 182 Å². The maximum Gasteiger partial charge on any atom is 0.0540 e. The van der Waals surface area contributed by atoms with E-state index in [0.717, 1.165) is 23.5 Å². The Morgan fingerprint density at radius 3 is 1.23 bits per heavy atom. The molecule has 0 unspecified atom stereocenters. The molecule has 306 valence electrons. The molecule has 0 spiro atoms. The molecule has 0 aromatic heterocycles. The summed E-state index contributed by atoms with van der Waals surface area (Å²) < 4.78 is 0. The first kappa shape index (κ1) is 38.2. The molecule has 1 heterocycles. The largest absolute Gasteiger partial charge is 0.311 e. The Balaban J connectivity index is 0.922. The Labute approximate surface area is 380 Å². The van der Waals surface area contributed by atoms with Crippen molar-refractivity contribution in [3.05, 3.63) is 266 Å². The average Bonchev–Trinajstić information content (AvgIpc) is 3.38. The minimum atomic E-state index is 0.838. The standard InChI is InChI=1S/C63H44N2/c1-3-12-44(13-4-1)47-24-32-57(33-25-47)64(58-34-26-48(27-35-58)45-14-5-2-6-15-45)59-36-28-49(29-37-59)52-30-38-61-55(41-52)43-56-42-54(53-23-22-46-16-7-8-18-51(46)40-53)31-39-62(56)65(61)63-21-11-19-50-17-9-10-20-60(50)63/h1-42H,43H2. The van der Waals surface area contributed by atoms with E-state index in [-0.39, 0.29) is 0 Å². The van der Waals surface area contributed by atoms with Gasteiger partial charge < -0.3 is 9.80 Å². The minimum Gasteiger partial charge on any atom is -0.311 e. The molecule has 0 N–H and O–H groups in total. The summed E-state index contributed by atoms with van der Waals surface area (Å²) in [6, 6.07) is 92.9. The quantitative estimate of drug-likeness (QED) is 0.151. The van der Waals surface area contributed by atoms with Crippen molar-refractivity contribution in [1.82, 2.24) is 0 Å². The molecule has 0 atom stereocenters. The van der Waals surface area contributed by atoms with Crippen molar-refractivity contribution in [2.24, 2.45) is 0 Å². The lowest BCUT2D eigenvalue weighted by atomic mass is 9.89. The predicted octanol–water partition coefficient (Wildman–Crippen LogP) is 17.5. The van der Waals surface area contributed by atoms with Gasteiger partial charge in [0.2, 0.25) is 0 Å². The molecule has 0 saturated carbocycles. The molecule has 0 fully saturated rings. The number of hydrogen-bond donors (Lipinski definition) is 0. The van der Waals surface area contributed by atoms with E-state index >= 15 is 0 Å². The van der Waals surface area contributed by atoms with Gasteiger partial charge in [0, 0.05) is 40.2 Å². The van der Waals surface area contributed by atoms with Crippen LogP contribution in [0.25, 0.3) is 66.1 Å². The van der Waals surface area contributed by atoms with Crippen molar-refractivity contribution in [3.8, 4) is 44.5 Å². The van der Waals surface area contributed by atoms with Gasteiger partial charge in [-0.05, 0) is 145 Å². The van der Waals surface area contributed by atoms with Crippen molar-refractivity contribution in [2.75, 3.05) is 9.80 Å². The zero-order valence-electron chi connectivity index (χ0n) is 35.9. The number of fused-ring (bicyclic) bond motifs is 4. The Hall–Kier alpha value is -8.46. The summed E-state index contributed by atoms with van der Waals surface area (Å²) in [5.41, 5.74) is 19.2. The minimum absolute atomic E-state index is 0.838. The van der Waals surface area contributed by atoms with Crippen LogP contribution < -0.4 is 9.80 Å². The Bertz CT molecular complexity index is 3400. The summed E-state index contributed by atoms with van der Waals surface area (Å²) >= 11 is 0. The first-order valence-corrected chi connectivity index (χ1v) is 22.4. The number of benzene rings is 11. The Kier molecular flexibility index (Phi) is 9.61. The molecule has 2 nitrogen and oxygen atoms in total. The Morgan fingerprint density at radius 2 is 0.662 bits per heavy atom. The van der Waals surface area contributed by atoms with Gasteiger partial charge in [0.05, 0.1) is 5.69 Å². The fraction of sp³-hybridized carbons (Fsp3) is 0.0159. The fourth-order valence-corrected chi connectivity index (χ4v) is 9.73. The lowest BCUT2D eigenvalue weighted by molar-refractivity contribution is 1.09. The zero-order valence-corrected chi connectivity index (χ0v) is 35.9. The molecule has 11 aromatic carbocycles. The molecule has 11 aromatic rings. The van der Waals surface area contributed by atoms with Crippen LogP contribution in [-0.4, -0.2) is 0 Å². The van der Waals surface area contributed by atoms with Gasteiger partial charge in [0.25, 0.3) is 0 Å². The monoisotopic (exact) mass is 828 g/mol. The van der Waals surface area contributed by atoms with Crippen LogP contribution in [0.4, 0.5) is 34.1 Å². The third-order valence-corrected chi connectivity index (χ3v) is 13.0. The second kappa shape index (κ2) is 16.3. The molecule has 0 amide bonds. The SMILES string of the molecule is c1ccc(-c2ccc(N(c3ccc(-c4ccccc4)cc3)c3ccc(-c4ccc5c(c4)Cc4cc(-c6ccc7ccccc7c6)ccc4N5c4cccc5ccccc45)cc3)cc2)cc1. The Morgan fingerprint density at radius 1 is 0.262 bits per heavy atom. The normalized spacial score (nSPS) is 11.9. The zero-order chi connectivity index (χ0) is 43.1. The third-order valence-electron chi connectivity index (χ3n) is 13.0. The van der Waals surface area contributed by atoms with Crippen molar-refractivity contribution >= 4 is 55.7 Å². The molecule has 2 heteroatoms. The summed E-state index contributed by atoms with van der Waals surface area (Å²) in [6.07, 6.45) is 0.838. The number of nitrogens with zero attached hydrogens (tertiary/aromatic N) is 2. The van der Waals surface area contributed by atoms with Crippen LogP contribution >= 0.6 is 0 Å². The highest BCUT2D eigenvalue weighted by Crippen LogP contribution is 2.48. The first-order valence-electron chi connectivity index (χ1n) is 22.4. The maximum atomic E-state index is 2.48. The summed E-state index contributed by atoms with van der Waals surface area (Å²) in [5.74, 6) is 0. The summed E-state index contributed by atoms with van der Waals surface area (Å²) in [5, 5.41) is 4.98. The van der Waals surface area contributed by atoms with Gasteiger partial charge in [-0.2, -0.15) is 0 Å². The van der Waals surface area contributed by atoms with E-state index in [9.17, 15) is 0 Å². The molecule has 0 bridgehead atoms. The maximum absolute atomic E-state index is 2.48. The van der Waals surface area contributed by atoms with Gasteiger partial charge in [-0.3, -0.25) is 0 Å². The lowest BCUT2D eigenvalue weighted by Gasteiger charge is -2.35. The highest BCUT2D eigenvalue weighted by Gasteiger charge is 2.26. The summed E-state index contributed by atoms with van der Waals surface area (Å²) in [6.45, 7) is 0. The molecule has 65 heavy (non-hydrogen) atoms. The van der Waals surface area contributed by atoms with E-state index in [4.69, 9.17) is 0 Å². The van der Waals surface area contributed by atoms with Crippen molar-refractivity contribution in [3.63, 3.8) is 0 Å². The molecule has 1 aliphatic heterocycles. The fourth-order valence-electron chi connectivity index (χ4n) is 9.73. The lowest BCUT2D eigenvalue weighted by Crippen LogP contribution is -2.19. The average molecular weight is 829 g/mol. The highest BCUT2D eigenvalue weighted by molar-refractivity contribution is 6.01. The molecule has 12 rings (SSSR count). The first-order chi connectivity index (χ1) is 32.2. The molecular formula is C63H44N2. The summed E-state index contributed by atoms with van der Waals surface area (Å²) in [7, 11) is 0. The van der Waals surface area contributed by atoms with E-state index in [1.54, 1.807) is 0 Å². The number of anilines is 6. The highest BCUT2D eigenvalue weighted by atomic mass is 15.2. The van der Waals surface area contributed by atoms with E-state index in [1.807, 2.05) is 0 Å². The van der Waals surface area contributed by atoms with Crippen LogP contribution in [0.3, 0.4) is 0 Å². The molecule has 0 aliphatic carbocycles. The van der Waals surface area contributed by atoms with Gasteiger partial charge in [-0.25, -0.2) is 0 Å². The smallest absolute Gasteiger partial charge is 0.0540 e. The predicted molar refractivity (Wildman–Crippen MR) is 275 cm³/mol. The van der Waals surface area contributed by atoms with Gasteiger partial charge >= 0.3 is 0 Å². The topological polar surface area (TPSA) is 6.48 Å². The van der Waals surface area contributed by atoms with Crippen molar-refractivity contribution in [1.29, 1.82) is 0 Å². The second-order valence-corrected chi connectivity index (χ2v) is 17.0. The van der Waals surface area contributed by atoms with Crippen LogP contribution in [0.5, 0.6) is 0 Å². The number of hydrogen-bond acceptors (Lipinski definition) is 2.